The number of hydrogen-bond donors (Lipinski definition) is 3. The summed E-state index contributed by atoms with van der Waals surface area (Å²) in [4.78, 5) is 8.00. The lowest BCUT2D eigenvalue weighted by molar-refractivity contribution is -0.0979. The van der Waals surface area contributed by atoms with Gasteiger partial charge in [-0.1, -0.05) is 46.8 Å². The second-order valence-corrected chi connectivity index (χ2v) is 6.62. The van der Waals surface area contributed by atoms with Crippen molar-refractivity contribution in [1.29, 1.82) is 0 Å². The number of benzene rings is 1. The summed E-state index contributed by atoms with van der Waals surface area (Å²) in [6.07, 6.45) is 1.13. The maximum absolute atomic E-state index is 9.25. The third kappa shape index (κ3) is 11.0. The summed E-state index contributed by atoms with van der Waals surface area (Å²) in [5, 5.41) is 24.5. The van der Waals surface area contributed by atoms with Gasteiger partial charge in [-0.3, -0.25) is 0 Å². The number of rotatable bonds is 3. The van der Waals surface area contributed by atoms with E-state index in [1.165, 1.54) is 5.56 Å². The van der Waals surface area contributed by atoms with Gasteiger partial charge in [0.05, 0.1) is 13.2 Å². The average molecular weight is 298 g/mol. The van der Waals surface area contributed by atoms with Gasteiger partial charge in [-0.05, 0) is 34.9 Å². The van der Waals surface area contributed by atoms with Crippen LogP contribution in [0.1, 0.15) is 46.6 Å². The van der Waals surface area contributed by atoms with Gasteiger partial charge in [-0.15, -0.1) is 0 Å². The molecule has 0 bridgehead atoms. The molecule has 0 unspecified atom stereocenters. The Hall–Kier alpha value is -1.39. The summed E-state index contributed by atoms with van der Waals surface area (Å²) < 4.78 is 0. The molecule has 0 atom stereocenters. The van der Waals surface area contributed by atoms with Crippen LogP contribution in [-0.4, -0.2) is 35.3 Å². The first-order valence-corrected chi connectivity index (χ1v) is 6.92. The van der Waals surface area contributed by atoms with Gasteiger partial charge in [-0.2, -0.15) is 0 Å². The molecule has 21 heavy (non-hydrogen) atoms. The van der Waals surface area contributed by atoms with Gasteiger partial charge in [0.25, 0.3) is 0 Å². The van der Waals surface area contributed by atoms with E-state index in [1.54, 1.807) is 12.1 Å². The molecule has 4 nitrogen and oxygen atoms in total. The van der Waals surface area contributed by atoms with Crippen molar-refractivity contribution in [3.8, 4) is 5.75 Å². The summed E-state index contributed by atoms with van der Waals surface area (Å²) in [5.41, 5.74) is 1.77. The molecule has 0 aliphatic carbocycles. The Labute approximate surface area is 128 Å². The van der Waals surface area contributed by atoms with Crippen molar-refractivity contribution < 1.29 is 20.1 Å². The van der Waals surface area contributed by atoms with Crippen molar-refractivity contribution in [1.82, 2.24) is 0 Å². The van der Waals surface area contributed by atoms with E-state index in [1.807, 2.05) is 18.9 Å². The normalized spacial score (nSPS) is 10.8. The van der Waals surface area contributed by atoms with Gasteiger partial charge < -0.3 is 20.1 Å². The minimum absolute atomic E-state index is 0.125. The second kappa shape index (κ2) is 10.4. The minimum Gasteiger partial charge on any atom is -0.508 e. The third-order valence-electron chi connectivity index (χ3n) is 2.72. The van der Waals surface area contributed by atoms with Crippen molar-refractivity contribution in [3.63, 3.8) is 0 Å². The second-order valence-electron chi connectivity index (χ2n) is 6.62. The van der Waals surface area contributed by atoms with Gasteiger partial charge in [-0.25, -0.2) is 0 Å². The Balaban J connectivity index is 0. The molecule has 0 aromatic heterocycles. The third-order valence-corrected chi connectivity index (χ3v) is 2.72. The standard InChI is InChI=1S/C14H22O.C2H6O2.CH2O/c1-13(2,3)10-14(4,5)11-6-8-12(15)9-7-11;3-1-2-4;1-2/h6-9,15H,10H2,1-5H3;3-4H,1-2H2;1H2. The fourth-order valence-electron chi connectivity index (χ4n) is 2.34. The number of aliphatic hydroxyl groups is 2. The Bertz CT molecular complexity index is 361. The fraction of sp³-hybridized carbons (Fsp3) is 0.588. The Morgan fingerprint density at radius 3 is 1.57 bits per heavy atom. The molecule has 0 saturated carbocycles. The summed E-state index contributed by atoms with van der Waals surface area (Å²) in [6.45, 7) is 13.0. The quantitative estimate of drug-likeness (QED) is 0.802. The number of carbonyl (C=O) groups excluding carboxylic acids is 1. The highest BCUT2D eigenvalue weighted by atomic mass is 16.3. The molecule has 0 spiro atoms. The Morgan fingerprint density at radius 1 is 0.905 bits per heavy atom. The molecule has 1 aromatic rings. The zero-order chi connectivity index (χ0) is 17.1. The smallest absolute Gasteiger partial charge is 0.115 e. The van der Waals surface area contributed by atoms with Gasteiger partial charge in [0.15, 0.2) is 0 Å². The lowest BCUT2D eigenvalue weighted by atomic mass is 9.72. The van der Waals surface area contributed by atoms with E-state index in [0.29, 0.717) is 11.2 Å². The molecule has 0 amide bonds. The number of hydrogen-bond acceptors (Lipinski definition) is 4. The molecule has 0 aliphatic rings. The monoisotopic (exact) mass is 298 g/mol. The lowest BCUT2D eigenvalue weighted by Gasteiger charge is -2.33. The van der Waals surface area contributed by atoms with Crippen LogP contribution in [0.3, 0.4) is 0 Å². The van der Waals surface area contributed by atoms with E-state index in [4.69, 9.17) is 15.0 Å². The molecule has 1 aromatic carbocycles. The zero-order valence-electron chi connectivity index (χ0n) is 13.9. The summed E-state index contributed by atoms with van der Waals surface area (Å²) >= 11 is 0. The van der Waals surface area contributed by atoms with Gasteiger partial charge in [0.2, 0.25) is 0 Å². The average Bonchev–Trinajstić information content (AvgIpc) is 2.39. The van der Waals surface area contributed by atoms with Crippen LogP contribution in [0.15, 0.2) is 24.3 Å². The van der Waals surface area contributed by atoms with Gasteiger partial charge >= 0.3 is 0 Å². The largest absolute Gasteiger partial charge is 0.508 e. The molecule has 4 heteroatoms. The number of aromatic hydroxyl groups is 1. The van der Waals surface area contributed by atoms with E-state index in [0.717, 1.165) is 6.42 Å². The van der Waals surface area contributed by atoms with Crippen LogP contribution in [-0.2, 0) is 10.2 Å². The first-order valence-electron chi connectivity index (χ1n) is 6.92. The number of aliphatic hydroxyl groups excluding tert-OH is 2. The van der Waals surface area contributed by atoms with E-state index in [9.17, 15) is 5.11 Å². The maximum Gasteiger partial charge on any atom is 0.115 e. The van der Waals surface area contributed by atoms with Crippen LogP contribution in [0.2, 0.25) is 0 Å². The molecular weight excluding hydrogens is 268 g/mol. The molecule has 0 saturated heterocycles. The van der Waals surface area contributed by atoms with Crippen LogP contribution >= 0.6 is 0 Å². The highest BCUT2D eigenvalue weighted by molar-refractivity contribution is 5.30. The SMILES string of the molecule is C=O.CC(C)(C)CC(C)(C)c1ccc(O)cc1.OCCO. The molecular formula is C17H30O4. The molecule has 1 rings (SSSR count). The molecule has 0 heterocycles. The van der Waals surface area contributed by atoms with Crippen molar-refractivity contribution in [2.45, 2.75) is 46.5 Å². The topological polar surface area (TPSA) is 77.8 Å². The first kappa shape index (κ1) is 21.9. The number of carbonyl (C=O) groups is 1. The number of phenolic OH excluding ortho intramolecular Hbond substituents is 1. The lowest BCUT2D eigenvalue weighted by Crippen LogP contribution is -2.24. The molecule has 0 fully saturated rings. The van der Waals surface area contributed by atoms with Crippen LogP contribution < -0.4 is 0 Å². The predicted octanol–water partition coefficient (Wildman–Crippen LogP) is 2.89. The van der Waals surface area contributed by atoms with E-state index < -0.39 is 0 Å². The highest BCUT2D eigenvalue weighted by Gasteiger charge is 2.26. The van der Waals surface area contributed by atoms with E-state index >= 15 is 0 Å². The van der Waals surface area contributed by atoms with Gasteiger partial charge in [0, 0.05) is 0 Å². The molecule has 0 aliphatic heterocycles. The maximum atomic E-state index is 9.25. The van der Waals surface area contributed by atoms with Crippen molar-refractivity contribution >= 4 is 6.79 Å². The minimum atomic E-state index is -0.125. The van der Waals surface area contributed by atoms with Crippen molar-refractivity contribution in [2.75, 3.05) is 13.2 Å². The summed E-state index contributed by atoms with van der Waals surface area (Å²) in [5.74, 6) is 0.338. The van der Waals surface area contributed by atoms with Crippen molar-refractivity contribution in [3.05, 3.63) is 29.8 Å². The predicted molar refractivity (Wildman–Crippen MR) is 86.5 cm³/mol. The van der Waals surface area contributed by atoms with Crippen LogP contribution in [0.25, 0.3) is 0 Å². The Morgan fingerprint density at radius 2 is 1.29 bits per heavy atom. The van der Waals surface area contributed by atoms with Crippen LogP contribution in [0.5, 0.6) is 5.75 Å². The van der Waals surface area contributed by atoms with Crippen molar-refractivity contribution in [2.24, 2.45) is 5.41 Å². The van der Waals surface area contributed by atoms with Gasteiger partial charge in [0.1, 0.15) is 12.5 Å². The Kier molecular flexibility index (Phi) is 10.8. The zero-order valence-corrected chi connectivity index (χ0v) is 13.9. The van der Waals surface area contributed by atoms with E-state index in [-0.39, 0.29) is 18.6 Å². The summed E-state index contributed by atoms with van der Waals surface area (Å²) in [6, 6.07) is 7.56. The molecule has 0 radical (unpaired) electrons. The van der Waals surface area contributed by atoms with Crippen LogP contribution in [0.4, 0.5) is 0 Å². The fourth-order valence-corrected chi connectivity index (χ4v) is 2.34. The first-order chi connectivity index (χ1) is 9.62. The van der Waals surface area contributed by atoms with E-state index in [2.05, 4.69) is 34.6 Å². The highest BCUT2D eigenvalue weighted by Crippen LogP contribution is 2.36. The summed E-state index contributed by atoms with van der Waals surface area (Å²) in [7, 11) is 0. The molecule has 122 valence electrons. The number of phenols is 1. The molecule has 3 N–H and O–H groups in total. The van der Waals surface area contributed by atoms with Crippen LogP contribution in [0, 0.1) is 5.41 Å².